The van der Waals surface area contributed by atoms with E-state index in [2.05, 4.69) is 5.90 Å². The Labute approximate surface area is 161 Å². The van der Waals surface area contributed by atoms with Crippen molar-refractivity contribution >= 4 is 23.2 Å². The van der Waals surface area contributed by atoms with E-state index in [1.165, 1.54) is 0 Å². The smallest absolute Gasteiger partial charge is 0.420 e. The van der Waals surface area contributed by atoms with Crippen molar-refractivity contribution < 1.29 is 46.5 Å². The van der Waals surface area contributed by atoms with Crippen LogP contribution in [0, 0.1) is 0 Å². The summed E-state index contributed by atoms with van der Waals surface area (Å²) in [5.74, 6) is -2.26. The monoisotopic (exact) mass is 432 g/mol. The van der Waals surface area contributed by atoms with Crippen molar-refractivity contribution in [2.75, 3.05) is 20.8 Å². The maximum absolute atomic E-state index is 13.6. The van der Waals surface area contributed by atoms with E-state index in [1.807, 2.05) is 0 Å². The number of aliphatic carboxylic acids is 1. The van der Waals surface area contributed by atoms with Gasteiger partial charge in [-0.15, -0.1) is 0 Å². The Balaban J connectivity index is 0.00000190. The lowest BCUT2D eigenvalue weighted by atomic mass is 10.1. The van der Waals surface area contributed by atoms with Gasteiger partial charge in [0.1, 0.15) is 16.6 Å². The molecule has 1 aliphatic rings. The van der Waals surface area contributed by atoms with Gasteiger partial charge in [-0.05, 0) is 12.1 Å². The lowest BCUT2D eigenvalue weighted by Crippen LogP contribution is -2.40. The van der Waals surface area contributed by atoms with Gasteiger partial charge in [-0.3, -0.25) is 0 Å². The van der Waals surface area contributed by atoms with Crippen molar-refractivity contribution in [1.82, 2.24) is 4.90 Å². The molecule has 0 unspecified atom stereocenters. The molecule has 28 heavy (non-hydrogen) atoms. The van der Waals surface area contributed by atoms with E-state index < -0.39 is 53.4 Å². The van der Waals surface area contributed by atoms with Gasteiger partial charge >= 0.3 is 12.1 Å². The molecular weight excluding hydrogens is 415 g/mol. The Morgan fingerprint density at radius 2 is 1.86 bits per heavy atom. The zero-order valence-electron chi connectivity index (χ0n) is 14.6. The molecule has 1 heterocycles. The SMILES string of the molecule is COc1cc(C(=S)N2CC(F)(F)C[C@@H]2C(=O)O)cc(C(F)(F)F)c1OC.NO. The van der Waals surface area contributed by atoms with E-state index in [0.717, 1.165) is 20.3 Å². The molecule has 1 atom stereocenters. The minimum atomic E-state index is -4.83. The predicted molar refractivity (Wildman–Crippen MR) is 89.9 cm³/mol. The summed E-state index contributed by atoms with van der Waals surface area (Å²) < 4.78 is 76.7. The van der Waals surface area contributed by atoms with Crippen molar-refractivity contribution in [1.29, 1.82) is 0 Å². The van der Waals surface area contributed by atoms with Crippen LogP contribution in [-0.2, 0) is 11.0 Å². The topological polar surface area (TPSA) is 105 Å². The van der Waals surface area contributed by atoms with Gasteiger partial charge in [0.25, 0.3) is 5.92 Å². The van der Waals surface area contributed by atoms with Gasteiger partial charge in [0.05, 0.1) is 20.8 Å². The molecule has 0 amide bonds. The number of thiocarbonyl (C=S) groups is 1. The number of carboxylic acid groups (broad SMARTS) is 1. The quantitative estimate of drug-likeness (QED) is 0.379. The van der Waals surface area contributed by atoms with Crippen molar-refractivity contribution in [2.24, 2.45) is 5.90 Å². The highest BCUT2D eigenvalue weighted by Gasteiger charge is 2.49. The maximum Gasteiger partial charge on any atom is 0.420 e. The molecule has 0 aromatic heterocycles. The van der Waals surface area contributed by atoms with Gasteiger partial charge in [0.15, 0.2) is 11.5 Å². The van der Waals surface area contributed by atoms with Crippen LogP contribution in [-0.4, -0.2) is 58.9 Å². The van der Waals surface area contributed by atoms with Crippen LogP contribution in [0.25, 0.3) is 0 Å². The predicted octanol–water partition coefficient (Wildman–Crippen LogP) is 2.53. The fourth-order valence-corrected chi connectivity index (χ4v) is 3.02. The normalized spacial score (nSPS) is 18.2. The van der Waals surface area contributed by atoms with Crippen molar-refractivity contribution in [3.05, 3.63) is 23.3 Å². The fraction of sp³-hybridized carbons (Fsp3) is 0.467. The number of carboxylic acids is 1. The third kappa shape index (κ3) is 4.97. The number of carbonyl (C=O) groups is 1. The zero-order valence-corrected chi connectivity index (χ0v) is 15.4. The van der Waals surface area contributed by atoms with Crippen LogP contribution in [0.4, 0.5) is 22.0 Å². The minimum Gasteiger partial charge on any atom is -0.493 e. The number of benzene rings is 1. The second kappa shape index (κ2) is 8.84. The number of methoxy groups -OCH3 is 2. The van der Waals surface area contributed by atoms with Crippen LogP contribution in [0.5, 0.6) is 11.5 Å². The molecule has 1 aromatic carbocycles. The zero-order chi connectivity index (χ0) is 21.9. The van der Waals surface area contributed by atoms with Gasteiger partial charge in [-0.2, -0.15) is 13.2 Å². The molecule has 1 aromatic rings. The number of alkyl halides is 5. The van der Waals surface area contributed by atoms with E-state index in [1.54, 1.807) is 0 Å². The molecule has 0 saturated carbocycles. The average molecular weight is 432 g/mol. The summed E-state index contributed by atoms with van der Waals surface area (Å²) in [4.78, 5) is 11.5. The van der Waals surface area contributed by atoms with Crippen molar-refractivity contribution in [3.8, 4) is 11.5 Å². The van der Waals surface area contributed by atoms with Crippen molar-refractivity contribution in [2.45, 2.75) is 24.6 Å². The lowest BCUT2D eigenvalue weighted by molar-refractivity contribution is -0.141. The second-order valence-corrected chi connectivity index (χ2v) is 5.99. The summed E-state index contributed by atoms with van der Waals surface area (Å²) in [5, 5.41) is 15.6. The summed E-state index contributed by atoms with van der Waals surface area (Å²) in [6, 6.07) is 0.0742. The molecule has 7 nitrogen and oxygen atoms in total. The first-order valence-electron chi connectivity index (χ1n) is 7.42. The van der Waals surface area contributed by atoms with Gasteiger partial charge in [0.2, 0.25) is 0 Å². The molecule has 4 N–H and O–H groups in total. The number of likely N-dealkylation sites (tertiary alicyclic amines) is 1. The number of rotatable bonds is 4. The Morgan fingerprint density at radius 3 is 2.29 bits per heavy atom. The Morgan fingerprint density at radius 1 is 1.29 bits per heavy atom. The summed E-state index contributed by atoms with van der Waals surface area (Å²) >= 11 is 5.01. The molecule has 1 aliphatic heterocycles. The molecule has 1 fully saturated rings. The third-order valence-corrected chi connectivity index (χ3v) is 4.32. The number of nitrogens with zero attached hydrogens (tertiary/aromatic N) is 1. The van der Waals surface area contributed by atoms with Gasteiger partial charge in [-0.25, -0.2) is 19.5 Å². The molecule has 0 spiro atoms. The first-order valence-corrected chi connectivity index (χ1v) is 7.82. The highest BCUT2D eigenvalue weighted by molar-refractivity contribution is 7.80. The first-order chi connectivity index (χ1) is 12.9. The van der Waals surface area contributed by atoms with Crippen LogP contribution in [0.15, 0.2) is 12.1 Å². The molecule has 158 valence electrons. The summed E-state index contributed by atoms with van der Waals surface area (Å²) in [5.41, 5.74) is -1.48. The second-order valence-electron chi connectivity index (χ2n) is 5.60. The number of nitrogens with two attached hydrogens (primary N) is 1. The molecule has 0 radical (unpaired) electrons. The fourth-order valence-electron chi connectivity index (χ4n) is 2.72. The van der Waals surface area contributed by atoms with Gasteiger partial charge in [0, 0.05) is 12.0 Å². The van der Waals surface area contributed by atoms with E-state index in [9.17, 15) is 26.7 Å². The Hall–Kier alpha value is -2.25. The molecular formula is C15H17F5N2O5S. The van der Waals surface area contributed by atoms with Crippen LogP contribution >= 0.6 is 12.2 Å². The van der Waals surface area contributed by atoms with Crippen LogP contribution in [0.2, 0.25) is 0 Å². The number of ether oxygens (including phenoxy) is 2. The van der Waals surface area contributed by atoms with Crippen LogP contribution < -0.4 is 15.4 Å². The highest BCUT2D eigenvalue weighted by Crippen LogP contribution is 2.43. The van der Waals surface area contributed by atoms with E-state index in [0.29, 0.717) is 11.0 Å². The van der Waals surface area contributed by atoms with E-state index >= 15 is 0 Å². The average Bonchev–Trinajstić information content (AvgIpc) is 2.96. The number of hydrogen-bond acceptors (Lipinski definition) is 6. The Bertz CT molecular complexity index is 744. The largest absolute Gasteiger partial charge is 0.493 e. The van der Waals surface area contributed by atoms with Gasteiger partial charge in [-0.1, -0.05) is 12.2 Å². The molecule has 13 heteroatoms. The standard InChI is InChI=1S/C15H14F5NO4S.H3NO/c1-24-10-4-7(3-8(11(10)25-2)15(18,19)20)12(26)21-6-14(16,17)5-9(21)13(22)23;1-2/h3-4,9H,5-6H2,1-2H3,(H,22,23);2H,1H2/t9-;/m1./s1. The molecule has 1 saturated heterocycles. The summed E-state index contributed by atoms with van der Waals surface area (Å²) in [7, 11) is 2.13. The highest BCUT2D eigenvalue weighted by atomic mass is 32.1. The summed E-state index contributed by atoms with van der Waals surface area (Å²) in [6.07, 6.45) is -5.81. The van der Waals surface area contributed by atoms with E-state index in [4.69, 9.17) is 32.0 Å². The third-order valence-electron chi connectivity index (χ3n) is 3.85. The Kier molecular flexibility index (Phi) is 7.51. The maximum atomic E-state index is 13.6. The van der Waals surface area contributed by atoms with Gasteiger partial charge < -0.3 is 24.7 Å². The van der Waals surface area contributed by atoms with E-state index in [-0.39, 0.29) is 11.3 Å². The number of hydrogen-bond donors (Lipinski definition) is 3. The lowest BCUT2D eigenvalue weighted by Gasteiger charge is -2.25. The van der Waals surface area contributed by atoms with Crippen LogP contribution in [0.1, 0.15) is 17.5 Å². The molecule has 0 aliphatic carbocycles. The molecule has 0 bridgehead atoms. The van der Waals surface area contributed by atoms with Crippen molar-refractivity contribution in [3.63, 3.8) is 0 Å². The first kappa shape index (κ1) is 23.8. The van der Waals surface area contributed by atoms with Crippen LogP contribution in [0.3, 0.4) is 0 Å². The number of halogens is 5. The molecule has 2 rings (SSSR count). The minimum absolute atomic E-state index is 0.270. The summed E-state index contributed by atoms with van der Waals surface area (Å²) in [6.45, 7) is -1.00.